The molecule has 1 aromatic rings. The molecule has 1 unspecified atom stereocenters. The summed E-state index contributed by atoms with van der Waals surface area (Å²) >= 11 is 6.90. The van der Waals surface area contributed by atoms with Crippen molar-refractivity contribution in [3.63, 3.8) is 0 Å². The van der Waals surface area contributed by atoms with Crippen LogP contribution in [0.4, 0.5) is 0 Å². The number of hydrogen-bond donors (Lipinski definition) is 1. The van der Waals surface area contributed by atoms with E-state index in [1.807, 2.05) is 0 Å². The molecule has 0 radical (unpaired) electrons. The molecule has 1 N–H and O–H groups in total. The number of amides is 2. The monoisotopic (exact) mass is 260 g/mol. The van der Waals surface area contributed by atoms with Crippen molar-refractivity contribution >= 4 is 34.8 Å². The topological polar surface area (TPSA) is 75.2 Å². The average Bonchev–Trinajstić information content (AvgIpc) is 2.60. The van der Waals surface area contributed by atoms with Crippen LogP contribution < -0.4 is 5.32 Å². The van der Waals surface area contributed by atoms with Gasteiger partial charge in [0.25, 0.3) is 0 Å². The number of aromatic nitrogens is 2. The van der Waals surface area contributed by atoms with Crippen LogP contribution in [-0.2, 0) is 16.1 Å². The Hall–Kier alpha value is -1.05. The van der Waals surface area contributed by atoms with Crippen LogP contribution >= 0.6 is 22.9 Å². The second-order valence-corrected chi connectivity index (χ2v) is 5.09. The average molecular weight is 261 g/mol. The molecule has 0 spiro atoms. The summed E-state index contributed by atoms with van der Waals surface area (Å²) in [5.74, 6) is -0.578. The Kier molecular flexibility index (Phi) is 3.17. The van der Waals surface area contributed by atoms with Gasteiger partial charge in [0.2, 0.25) is 16.3 Å². The van der Waals surface area contributed by atoms with Gasteiger partial charge in [-0.2, -0.15) is 0 Å². The number of carbonyl (C=O) groups excluding carboxylic acids is 2. The van der Waals surface area contributed by atoms with Gasteiger partial charge in [-0.05, 0) is 18.5 Å². The molecule has 1 fully saturated rings. The Morgan fingerprint density at radius 2 is 2.31 bits per heavy atom. The Morgan fingerprint density at radius 3 is 2.94 bits per heavy atom. The molecule has 1 aliphatic heterocycles. The van der Waals surface area contributed by atoms with Gasteiger partial charge >= 0.3 is 0 Å². The Morgan fingerprint density at radius 1 is 1.56 bits per heavy atom. The van der Waals surface area contributed by atoms with Crippen molar-refractivity contribution < 1.29 is 9.59 Å². The highest BCUT2D eigenvalue weighted by molar-refractivity contribution is 7.15. The van der Waals surface area contributed by atoms with Crippen molar-refractivity contribution in [1.29, 1.82) is 0 Å². The zero-order valence-corrected chi connectivity index (χ0v) is 10.0. The Bertz CT molecular complexity index is 435. The molecule has 0 aromatic carbocycles. The number of hydrogen-bond acceptors (Lipinski definition) is 6. The SMILES string of the molecule is CC1C(=O)NC(=O)CN1Cc1nnc(Cl)s1. The molecule has 1 aromatic heterocycles. The first-order chi connectivity index (χ1) is 7.56. The molecular weight excluding hydrogens is 252 g/mol. The van der Waals surface area contributed by atoms with Gasteiger partial charge in [-0.25, -0.2) is 0 Å². The van der Waals surface area contributed by atoms with E-state index in [0.29, 0.717) is 16.0 Å². The zero-order valence-electron chi connectivity index (χ0n) is 8.44. The summed E-state index contributed by atoms with van der Waals surface area (Å²) in [6, 6.07) is -0.347. The number of halogens is 1. The first-order valence-corrected chi connectivity index (χ1v) is 5.81. The smallest absolute Gasteiger partial charge is 0.243 e. The van der Waals surface area contributed by atoms with E-state index < -0.39 is 0 Å². The number of imide groups is 1. The minimum absolute atomic E-state index is 0.185. The van der Waals surface area contributed by atoms with Crippen LogP contribution in [0.5, 0.6) is 0 Å². The second kappa shape index (κ2) is 4.44. The standard InChI is InChI=1S/C8H9ClN4O2S/c1-4-7(15)10-5(14)2-13(4)3-6-11-12-8(9)16-6/h4H,2-3H2,1H3,(H,10,14,15). The van der Waals surface area contributed by atoms with E-state index in [2.05, 4.69) is 15.5 Å². The number of carbonyl (C=O) groups is 2. The van der Waals surface area contributed by atoms with Gasteiger partial charge < -0.3 is 0 Å². The van der Waals surface area contributed by atoms with Crippen molar-refractivity contribution in [2.24, 2.45) is 0 Å². The summed E-state index contributed by atoms with van der Waals surface area (Å²) < 4.78 is 0.357. The highest BCUT2D eigenvalue weighted by Gasteiger charge is 2.30. The summed E-state index contributed by atoms with van der Waals surface area (Å²) in [7, 11) is 0. The maximum Gasteiger partial charge on any atom is 0.243 e. The summed E-state index contributed by atoms with van der Waals surface area (Å²) in [6.45, 7) is 2.33. The fraction of sp³-hybridized carbons (Fsp3) is 0.500. The van der Waals surface area contributed by atoms with Gasteiger partial charge in [-0.15, -0.1) is 10.2 Å². The molecule has 6 nitrogen and oxygen atoms in total. The molecule has 1 atom stereocenters. The molecule has 2 heterocycles. The first kappa shape index (κ1) is 11.4. The Labute approximate surface area is 101 Å². The van der Waals surface area contributed by atoms with Crippen LogP contribution in [0.25, 0.3) is 0 Å². The molecular formula is C8H9ClN4O2S. The largest absolute Gasteiger partial charge is 0.294 e. The number of nitrogens with zero attached hydrogens (tertiary/aromatic N) is 3. The minimum atomic E-state index is -0.347. The maximum atomic E-state index is 11.4. The van der Waals surface area contributed by atoms with E-state index in [4.69, 9.17) is 11.6 Å². The maximum absolute atomic E-state index is 11.4. The quantitative estimate of drug-likeness (QED) is 0.760. The number of nitrogens with one attached hydrogen (secondary N) is 1. The Balaban J connectivity index is 2.08. The van der Waals surface area contributed by atoms with E-state index in [9.17, 15) is 9.59 Å². The van der Waals surface area contributed by atoms with E-state index >= 15 is 0 Å². The van der Waals surface area contributed by atoms with Crippen molar-refractivity contribution in [1.82, 2.24) is 20.4 Å². The van der Waals surface area contributed by atoms with Crippen molar-refractivity contribution in [2.75, 3.05) is 6.54 Å². The van der Waals surface area contributed by atoms with Crippen LogP contribution in [0.3, 0.4) is 0 Å². The van der Waals surface area contributed by atoms with E-state index in [0.717, 1.165) is 0 Å². The highest BCUT2D eigenvalue weighted by atomic mass is 35.5. The lowest BCUT2D eigenvalue weighted by Gasteiger charge is -2.30. The van der Waals surface area contributed by atoms with Crippen LogP contribution in [0.2, 0.25) is 4.47 Å². The van der Waals surface area contributed by atoms with Gasteiger partial charge in [0.15, 0.2) is 0 Å². The van der Waals surface area contributed by atoms with E-state index in [-0.39, 0.29) is 24.4 Å². The summed E-state index contributed by atoms with van der Waals surface area (Å²) in [6.07, 6.45) is 0. The van der Waals surface area contributed by atoms with Gasteiger partial charge in [-0.3, -0.25) is 19.8 Å². The van der Waals surface area contributed by atoms with Gasteiger partial charge in [0, 0.05) is 0 Å². The molecule has 16 heavy (non-hydrogen) atoms. The molecule has 0 bridgehead atoms. The number of piperazine rings is 1. The fourth-order valence-corrected chi connectivity index (χ4v) is 2.33. The van der Waals surface area contributed by atoms with Gasteiger partial charge in [0.1, 0.15) is 5.01 Å². The zero-order chi connectivity index (χ0) is 11.7. The third-order valence-corrected chi connectivity index (χ3v) is 3.32. The van der Waals surface area contributed by atoms with Crippen molar-refractivity contribution in [3.05, 3.63) is 9.47 Å². The molecule has 0 aliphatic carbocycles. The van der Waals surface area contributed by atoms with Crippen LogP contribution in [0, 0.1) is 0 Å². The van der Waals surface area contributed by atoms with E-state index in [1.54, 1.807) is 11.8 Å². The summed E-state index contributed by atoms with van der Waals surface area (Å²) in [5.41, 5.74) is 0. The first-order valence-electron chi connectivity index (χ1n) is 4.62. The fourth-order valence-electron chi connectivity index (χ4n) is 1.43. The molecule has 86 valence electrons. The molecule has 1 aliphatic rings. The molecule has 0 saturated carbocycles. The summed E-state index contributed by atoms with van der Waals surface area (Å²) in [5, 5.41) is 10.5. The predicted molar refractivity (Wildman–Crippen MR) is 57.9 cm³/mol. The van der Waals surface area contributed by atoms with Gasteiger partial charge in [0.05, 0.1) is 19.1 Å². The third kappa shape index (κ3) is 2.37. The van der Waals surface area contributed by atoms with Crippen LogP contribution in [0.1, 0.15) is 11.9 Å². The predicted octanol–water partition coefficient (Wildman–Crippen LogP) is 0.0384. The lowest BCUT2D eigenvalue weighted by Crippen LogP contribution is -2.56. The molecule has 2 amide bonds. The lowest BCUT2D eigenvalue weighted by atomic mass is 10.2. The summed E-state index contributed by atoms with van der Waals surface area (Å²) in [4.78, 5) is 24.3. The lowest BCUT2D eigenvalue weighted by molar-refractivity contribution is -0.139. The normalized spacial score (nSPS) is 22.2. The van der Waals surface area contributed by atoms with E-state index in [1.165, 1.54) is 11.3 Å². The van der Waals surface area contributed by atoms with Crippen molar-refractivity contribution in [3.8, 4) is 0 Å². The minimum Gasteiger partial charge on any atom is -0.294 e. The molecule has 8 heteroatoms. The molecule has 2 rings (SSSR count). The second-order valence-electron chi connectivity index (χ2n) is 3.44. The third-order valence-electron chi connectivity index (χ3n) is 2.32. The van der Waals surface area contributed by atoms with Gasteiger partial charge in [-0.1, -0.05) is 11.3 Å². The van der Waals surface area contributed by atoms with Crippen molar-refractivity contribution in [2.45, 2.75) is 19.5 Å². The van der Waals surface area contributed by atoms with Crippen LogP contribution in [0.15, 0.2) is 0 Å². The highest BCUT2D eigenvalue weighted by Crippen LogP contribution is 2.18. The number of rotatable bonds is 2. The van der Waals surface area contributed by atoms with Crippen LogP contribution in [-0.4, -0.2) is 39.5 Å². The molecule has 1 saturated heterocycles.